The molecule has 1 fully saturated rings. The first-order valence-electron chi connectivity index (χ1n) is 10.9. The molecule has 1 amide bonds. The van der Waals surface area contributed by atoms with Crippen LogP contribution in [0.1, 0.15) is 39.5 Å². The Bertz CT molecular complexity index is 1160. The minimum atomic E-state index is -4.52. The second-order valence-corrected chi connectivity index (χ2v) is 9.31. The molecule has 186 valence electrons. The molecular weight excluding hydrogens is 483 g/mol. The summed E-state index contributed by atoms with van der Waals surface area (Å²) in [4.78, 5) is 22.0. The summed E-state index contributed by atoms with van der Waals surface area (Å²) in [6, 6.07) is 6.75. The topological polar surface area (TPSA) is 82.6 Å². The van der Waals surface area contributed by atoms with E-state index in [0.717, 1.165) is 27.7 Å². The Morgan fingerprint density at radius 1 is 1.23 bits per heavy atom. The van der Waals surface area contributed by atoms with Gasteiger partial charge in [0.15, 0.2) is 0 Å². The molecule has 1 aromatic carbocycles. The van der Waals surface area contributed by atoms with Gasteiger partial charge in [-0.25, -0.2) is 4.98 Å². The van der Waals surface area contributed by atoms with Crippen molar-refractivity contribution in [1.29, 1.82) is 0 Å². The Morgan fingerprint density at radius 2 is 2.06 bits per heavy atom. The van der Waals surface area contributed by atoms with Crippen LogP contribution in [0.3, 0.4) is 0 Å². The maximum absolute atomic E-state index is 13.1. The van der Waals surface area contributed by atoms with Gasteiger partial charge < -0.3 is 19.5 Å². The van der Waals surface area contributed by atoms with Gasteiger partial charge in [0.25, 0.3) is 5.91 Å². The average Bonchev–Trinajstić information content (AvgIpc) is 3.29. The molecule has 35 heavy (non-hydrogen) atoms. The zero-order valence-electron chi connectivity index (χ0n) is 19.1. The van der Waals surface area contributed by atoms with Crippen molar-refractivity contribution >= 4 is 17.2 Å². The number of benzene rings is 1. The monoisotopic (exact) mass is 507 g/mol. The van der Waals surface area contributed by atoms with Crippen LogP contribution in [0, 0.1) is 6.92 Å². The fraction of sp³-hybridized carbons (Fsp3) is 0.375. The summed E-state index contributed by atoms with van der Waals surface area (Å²) in [5, 5.41) is 3.55. The predicted molar refractivity (Wildman–Crippen MR) is 123 cm³/mol. The molecule has 0 saturated carbocycles. The molecule has 0 spiro atoms. The van der Waals surface area contributed by atoms with E-state index in [9.17, 15) is 18.0 Å². The number of pyridine rings is 1. The summed E-state index contributed by atoms with van der Waals surface area (Å²) in [6.45, 7) is 5.35. The second kappa shape index (κ2) is 10.7. The molecular formula is C24H24F3N3O4S. The minimum Gasteiger partial charge on any atom is -0.491 e. The fourth-order valence-corrected chi connectivity index (χ4v) is 4.19. The maximum Gasteiger partial charge on any atom is 0.433 e. The van der Waals surface area contributed by atoms with E-state index in [1.165, 1.54) is 17.4 Å². The molecule has 0 radical (unpaired) electrons. The van der Waals surface area contributed by atoms with Crippen molar-refractivity contribution in [2.24, 2.45) is 0 Å². The Morgan fingerprint density at radius 3 is 2.69 bits per heavy atom. The first-order chi connectivity index (χ1) is 16.7. The Kier molecular flexibility index (Phi) is 7.68. The van der Waals surface area contributed by atoms with Crippen LogP contribution in [-0.2, 0) is 15.7 Å². The summed E-state index contributed by atoms with van der Waals surface area (Å²) >= 11 is 1.49. The zero-order chi connectivity index (χ0) is 25.0. The quantitative estimate of drug-likeness (QED) is 0.494. The molecule has 3 heterocycles. The Hall–Kier alpha value is -3.02. The number of halogens is 3. The molecule has 1 N–H and O–H groups in total. The summed E-state index contributed by atoms with van der Waals surface area (Å²) in [6.07, 6.45) is -1.87. The van der Waals surface area contributed by atoms with Crippen LogP contribution < -0.4 is 10.1 Å². The van der Waals surface area contributed by atoms with Crippen LogP contribution >= 0.6 is 11.3 Å². The van der Waals surface area contributed by atoms with Gasteiger partial charge >= 0.3 is 6.18 Å². The normalized spacial score (nSPS) is 17.1. The van der Waals surface area contributed by atoms with Crippen molar-refractivity contribution in [3.8, 4) is 16.3 Å². The maximum atomic E-state index is 13.1. The SMILES string of the molecule is Cc1cnc(-c2cc(OC[C@@H]3COCCO3)cc(C(=O)NC(C)c3ccc(C(F)(F)F)nc3)c2)s1. The molecule has 1 aliphatic rings. The smallest absolute Gasteiger partial charge is 0.433 e. The molecule has 3 aromatic rings. The number of ether oxygens (including phenoxy) is 3. The summed E-state index contributed by atoms with van der Waals surface area (Å²) < 4.78 is 55.3. The Labute approximate surface area is 204 Å². The summed E-state index contributed by atoms with van der Waals surface area (Å²) in [7, 11) is 0. The van der Waals surface area contributed by atoms with E-state index in [4.69, 9.17) is 14.2 Å². The van der Waals surface area contributed by atoms with Crippen LogP contribution in [0.15, 0.2) is 42.7 Å². The van der Waals surface area contributed by atoms with Gasteiger partial charge in [0.2, 0.25) is 0 Å². The number of hydrogen-bond acceptors (Lipinski definition) is 7. The average molecular weight is 508 g/mol. The largest absolute Gasteiger partial charge is 0.491 e. The van der Waals surface area contributed by atoms with Crippen LogP contribution in [0.2, 0.25) is 0 Å². The lowest BCUT2D eigenvalue weighted by Crippen LogP contribution is -2.33. The number of aryl methyl sites for hydroxylation is 1. The van der Waals surface area contributed by atoms with E-state index < -0.39 is 23.8 Å². The number of rotatable bonds is 7. The van der Waals surface area contributed by atoms with Gasteiger partial charge in [-0.15, -0.1) is 11.3 Å². The van der Waals surface area contributed by atoms with E-state index >= 15 is 0 Å². The summed E-state index contributed by atoms with van der Waals surface area (Å²) in [5.41, 5.74) is 0.512. The van der Waals surface area contributed by atoms with Crippen LogP contribution in [0.5, 0.6) is 5.75 Å². The zero-order valence-corrected chi connectivity index (χ0v) is 19.9. The van der Waals surface area contributed by atoms with Gasteiger partial charge in [0.05, 0.1) is 25.9 Å². The van der Waals surface area contributed by atoms with Crippen molar-refractivity contribution < 1.29 is 32.2 Å². The molecule has 7 nitrogen and oxygen atoms in total. The van der Waals surface area contributed by atoms with E-state index in [2.05, 4.69) is 15.3 Å². The summed E-state index contributed by atoms with van der Waals surface area (Å²) in [5.74, 6) is 0.0631. The third-order valence-electron chi connectivity index (χ3n) is 5.28. The predicted octanol–water partition coefficient (Wildman–Crippen LogP) is 4.82. The molecule has 1 aliphatic heterocycles. The van der Waals surface area contributed by atoms with Gasteiger partial charge in [0, 0.05) is 28.4 Å². The van der Waals surface area contributed by atoms with Crippen molar-refractivity contribution in [1.82, 2.24) is 15.3 Å². The first-order valence-corrected chi connectivity index (χ1v) is 11.7. The van der Waals surface area contributed by atoms with Gasteiger partial charge in [-0.3, -0.25) is 9.78 Å². The van der Waals surface area contributed by atoms with Crippen molar-refractivity contribution in [3.05, 3.63) is 64.4 Å². The number of nitrogens with zero attached hydrogens (tertiary/aromatic N) is 2. The highest BCUT2D eigenvalue weighted by atomic mass is 32.1. The molecule has 2 aromatic heterocycles. The lowest BCUT2D eigenvalue weighted by atomic mass is 10.1. The highest BCUT2D eigenvalue weighted by Crippen LogP contribution is 2.31. The number of thiazole rings is 1. The third kappa shape index (κ3) is 6.56. The molecule has 11 heteroatoms. The van der Waals surface area contributed by atoms with Crippen molar-refractivity contribution in [3.63, 3.8) is 0 Å². The van der Waals surface area contributed by atoms with Crippen LogP contribution in [-0.4, -0.2) is 48.4 Å². The van der Waals surface area contributed by atoms with E-state index in [1.807, 2.05) is 13.0 Å². The molecule has 2 atom stereocenters. The number of alkyl halides is 3. The lowest BCUT2D eigenvalue weighted by molar-refractivity contribution is -0.141. The number of nitrogens with one attached hydrogen (secondary N) is 1. The fourth-order valence-electron chi connectivity index (χ4n) is 3.44. The minimum absolute atomic E-state index is 0.209. The standard InChI is InChI=1S/C24H24F3N3O4S/c1-14-10-29-23(35-14)18-7-17(8-19(9-18)34-13-20-12-32-5-6-33-20)22(31)30-15(2)16-3-4-21(28-11-16)24(25,26)27/h3-4,7-11,15,20H,5-6,12-13H2,1-2H3,(H,30,31)/t15?,20-/m0/s1. The number of carbonyl (C=O) groups excluding carboxylic acids is 1. The number of aromatic nitrogens is 2. The second-order valence-electron chi connectivity index (χ2n) is 8.07. The number of amides is 1. The number of carbonyl (C=O) groups is 1. The molecule has 4 rings (SSSR count). The molecule has 0 bridgehead atoms. The molecule has 1 unspecified atom stereocenters. The number of hydrogen-bond donors (Lipinski definition) is 1. The van der Waals surface area contributed by atoms with E-state index in [0.29, 0.717) is 36.7 Å². The van der Waals surface area contributed by atoms with Gasteiger partial charge in [-0.2, -0.15) is 13.2 Å². The van der Waals surface area contributed by atoms with Crippen LogP contribution in [0.4, 0.5) is 13.2 Å². The molecule has 1 saturated heterocycles. The van der Waals surface area contributed by atoms with Gasteiger partial charge in [-0.1, -0.05) is 6.07 Å². The van der Waals surface area contributed by atoms with Crippen molar-refractivity contribution in [2.45, 2.75) is 32.2 Å². The van der Waals surface area contributed by atoms with Crippen LogP contribution in [0.25, 0.3) is 10.6 Å². The van der Waals surface area contributed by atoms with Crippen molar-refractivity contribution in [2.75, 3.05) is 26.4 Å². The highest BCUT2D eigenvalue weighted by molar-refractivity contribution is 7.14. The van der Waals surface area contributed by atoms with Gasteiger partial charge in [0.1, 0.15) is 29.2 Å². The molecule has 0 aliphatic carbocycles. The van der Waals surface area contributed by atoms with Gasteiger partial charge in [-0.05, 0) is 43.7 Å². The van der Waals surface area contributed by atoms with E-state index in [-0.39, 0.29) is 12.7 Å². The Balaban J connectivity index is 1.52. The third-order valence-corrected chi connectivity index (χ3v) is 6.24. The lowest BCUT2D eigenvalue weighted by Gasteiger charge is -2.23. The van der Waals surface area contributed by atoms with E-state index in [1.54, 1.807) is 25.3 Å². The highest BCUT2D eigenvalue weighted by Gasteiger charge is 2.32. The first kappa shape index (κ1) is 25.1.